The second-order valence-electron chi connectivity index (χ2n) is 7.32. The van der Waals surface area contributed by atoms with Crippen molar-refractivity contribution in [1.82, 2.24) is 10.2 Å². The molecule has 1 amide bonds. The summed E-state index contributed by atoms with van der Waals surface area (Å²) in [6, 6.07) is 4.24. The fraction of sp³-hybridized carbons (Fsp3) is 0.706. The van der Waals surface area contributed by atoms with E-state index < -0.39 is 5.54 Å². The zero-order chi connectivity index (χ0) is 14.7. The smallest absolute Gasteiger partial charge is 0.244 e. The highest BCUT2D eigenvalue weighted by Crippen LogP contribution is 2.62. The van der Waals surface area contributed by atoms with Gasteiger partial charge in [0.2, 0.25) is 5.91 Å². The first-order chi connectivity index (χ1) is 10.1. The lowest BCUT2D eigenvalue weighted by molar-refractivity contribution is -0.133. The topological polar surface area (TPSA) is 32.3 Å². The van der Waals surface area contributed by atoms with Gasteiger partial charge >= 0.3 is 0 Å². The number of carbonyl (C=O) groups is 1. The lowest BCUT2D eigenvalue weighted by Gasteiger charge is -2.28. The van der Waals surface area contributed by atoms with E-state index in [1.165, 1.54) is 30.6 Å². The molecule has 0 spiro atoms. The fourth-order valence-electron chi connectivity index (χ4n) is 3.85. The van der Waals surface area contributed by atoms with Gasteiger partial charge in [0.05, 0.1) is 5.54 Å². The Morgan fingerprint density at radius 2 is 2.19 bits per heavy atom. The molecule has 2 unspecified atom stereocenters. The average Bonchev–Trinajstić information content (AvgIpc) is 3.39. The van der Waals surface area contributed by atoms with Gasteiger partial charge in [-0.1, -0.05) is 13.0 Å². The summed E-state index contributed by atoms with van der Waals surface area (Å²) in [5, 5.41) is 5.72. The van der Waals surface area contributed by atoms with E-state index in [1.54, 1.807) is 11.3 Å². The summed E-state index contributed by atoms with van der Waals surface area (Å²) in [6.07, 6.45) is 6.33. The molecule has 2 atom stereocenters. The largest absolute Gasteiger partial charge is 0.320 e. The van der Waals surface area contributed by atoms with Gasteiger partial charge in [0.25, 0.3) is 0 Å². The predicted octanol–water partition coefficient (Wildman–Crippen LogP) is 3.54. The molecule has 4 rings (SSSR count). The molecule has 3 nitrogen and oxygen atoms in total. The number of thiophene rings is 1. The number of hydrogen-bond donors (Lipinski definition) is 1. The minimum atomic E-state index is -0.395. The quantitative estimate of drug-likeness (QED) is 0.902. The predicted molar refractivity (Wildman–Crippen MR) is 85.0 cm³/mol. The third-order valence-electron chi connectivity index (χ3n) is 5.84. The van der Waals surface area contributed by atoms with E-state index in [-0.39, 0.29) is 6.17 Å². The van der Waals surface area contributed by atoms with Crippen molar-refractivity contribution in [2.45, 2.75) is 57.7 Å². The standard InChI is InChI=1S/C17H24N2OS/c1-3-16(2)15(20)19(11-17(8-9-17)12-6-7-12)14(18-16)13-5-4-10-21-13/h4-5,10,12,14,18H,3,6-9,11H2,1-2H3. The molecule has 114 valence electrons. The molecule has 2 heterocycles. The monoisotopic (exact) mass is 304 g/mol. The first-order valence-electron chi connectivity index (χ1n) is 8.20. The van der Waals surface area contributed by atoms with E-state index in [0.717, 1.165) is 18.9 Å². The van der Waals surface area contributed by atoms with Crippen molar-refractivity contribution in [3.8, 4) is 0 Å². The minimum absolute atomic E-state index is 0.0821. The molecule has 1 aromatic heterocycles. The van der Waals surface area contributed by atoms with Crippen molar-refractivity contribution in [1.29, 1.82) is 0 Å². The second kappa shape index (κ2) is 4.56. The maximum Gasteiger partial charge on any atom is 0.244 e. The molecule has 3 aliphatic rings. The number of amides is 1. The average molecular weight is 304 g/mol. The summed E-state index contributed by atoms with van der Waals surface area (Å²) in [6.45, 7) is 5.13. The Bertz CT molecular complexity index is 547. The lowest BCUT2D eigenvalue weighted by Crippen LogP contribution is -2.43. The van der Waals surface area contributed by atoms with Crippen molar-refractivity contribution in [2.24, 2.45) is 11.3 Å². The number of hydrogen-bond acceptors (Lipinski definition) is 3. The summed E-state index contributed by atoms with van der Waals surface area (Å²) in [5.41, 5.74) is 0.0696. The highest BCUT2D eigenvalue weighted by Gasteiger charge is 2.58. The van der Waals surface area contributed by atoms with E-state index >= 15 is 0 Å². The van der Waals surface area contributed by atoms with Crippen LogP contribution in [0.15, 0.2) is 17.5 Å². The summed E-state index contributed by atoms with van der Waals surface area (Å²) < 4.78 is 0. The molecule has 1 N–H and O–H groups in total. The molecular formula is C17H24N2OS. The van der Waals surface area contributed by atoms with E-state index in [0.29, 0.717) is 11.3 Å². The molecule has 2 aliphatic carbocycles. The van der Waals surface area contributed by atoms with E-state index in [9.17, 15) is 4.79 Å². The molecule has 1 aromatic rings. The van der Waals surface area contributed by atoms with E-state index in [2.05, 4.69) is 41.6 Å². The Labute approximate surface area is 130 Å². The van der Waals surface area contributed by atoms with Crippen LogP contribution in [0.5, 0.6) is 0 Å². The van der Waals surface area contributed by atoms with Crippen LogP contribution in [0.1, 0.15) is 57.0 Å². The third-order valence-corrected chi connectivity index (χ3v) is 6.77. The molecule has 0 bridgehead atoms. The normalized spacial score (nSPS) is 34.5. The summed E-state index contributed by atoms with van der Waals surface area (Å²) in [4.78, 5) is 16.4. The zero-order valence-electron chi connectivity index (χ0n) is 12.9. The van der Waals surface area contributed by atoms with E-state index in [1.807, 2.05) is 0 Å². The van der Waals surface area contributed by atoms with Crippen LogP contribution in [0.2, 0.25) is 0 Å². The Morgan fingerprint density at radius 1 is 1.43 bits per heavy atom. The van der Waals surface area contributed by atoms with Gasteiger partial charge in [0, 0.05) is 11.4 Å². The fourth-order valence-corrected chi connectivity index (χ4v) is 4.64. The van der Waals surface area contributed by atoms with Crippen molar-refractivity contribution in [2.75, 3.05) is 6.54 Å². The van der Waals surface area contributed by atoms with Gasteiger partial charge < -0.3 is 4.90 Å². The molecule has 2 saturated carbocycles. The maximum absolute atomic E-state index is 13.0. The minimum Gasteiger partial charge on any atom is -0.320 e. The molecule has 3 fully saturated rings. The van der Waals surface area contributed by atoms with Crippen LogP contribution in [0.3, 0.4) is 0 Å². The Morgan fingerprint density at radius 3 is 2.71 bits per heavy atom. The Hall–Kier alpha value is -0.870. The first kappa shape index (κ1) is 13.8. The maximum atomic E-state index is 13.0. The molecule has 0 aromatic carbocycles. The van der Waals surface area contributed by atoms with Gasteiger partial charge in [-0.05, 0) is 61.8 Å². The molecule has 1 aliphatic heterocycles. The first-order valence-corrected chi connectivity index (χ1v) is 9.08. The van der Waals surface area contributed by atoms with Gasteiger partial charge in [-0.3, -0.25) is 10.1 Å². The van der Waals surface area contributed by atoms with Crippen LogP contribution in [0, 0.1) is 11.3 Å². The summed E-state index contributed by atoms with van der Waals surface area (Å²) in [5.74, 6) is 1.19. The molecule has 21 heavy (non-hydrogen) atoms. The highest BCUT2D eigenvalue weighted by molar-refractivity contribution is 7.10. The van der Waals surface area contributed by atoms with Crippen LogP contribution >= 0.6 is 11.3 Å². The van der Waals surface area contributed by atoms with Crippen LogP contribution in [0.4, 0.5) is 0 Å². The molecule has 1 saturated heterocycles. The van der Waals surface area contributed by atoms with Crippen LogP contribution < -0.4 is 5.32 Å². The Balaban J connectivity index is 1.62. The number of carbonyl (C=O) groups excluding carboxylic acids is 1. The Kier molecular flexibility index (Phi) is 2.99. The molecule has 0 radical (unpaired) electrons. The zero-order valence-corrected chi connectivity index (χ0v) is 13.7. The van der Waals surface area contributed by atoms with Crippen molar-refractivity contribution >= 4 is 17.2 Å². The van der Waals surface area contributed by atoms with Gasteiger partial charge in [-0.25, -0.2) is 0 Å². The highest BCUT2D eigenvalue weighted by atomic mass is 32.1. The summed E-state index contributed by atoms with van der Waals surface area (Å²) in [7, 11) is 0. The SMILES string of the molecule is CCC1(C)NC(c2cccs2)N(CC2(C3CC3)CC2)C1=O. The van der Waals surface area contributed by atoms with Gasteiger partial charge in [0.15, 0.2) is 0 Å². The van der Waals surface area contributed by atoms with Crippen LogP contribution in [0.25, 0.3) is 0 Å². The van der Waals surface area contributed by atoms with Gasteiger partial charge in [0.1, 0.15) is 6.17 Å². The van der Waals surface area contributed by atoms with E-state index in [4.69, 9.17) is 0 Å². The number of nitrogens with one attached hydrogen (secondary N) is 1. The summed E-state index contributed by atoms with van der Waals surface area (Å²) >= 11 is 1.75. The van der Waals surface area contributed by atoms with Crippen LogP contribution in [-0.2, 0) is 4.79 Å². The molecule has 4 heteroatoms. The van der Waals surface area contributed by atoms with Crippen LogP contribution in [-0.4, -0.2) is 22.9 Å². The van der Waals surface area contributed by atoms with Gasteiger partial charge in [-0.2, -0.15) is 0 Å². The number of nitrogens with zero attached hydrogens (tertiary/aromatic N) is 1. The second-order valence-corrected chi connectivity index (χ2v) is 8.30. The lowest BCUT2D eigenvalue weighted by atomic mass is 9.97. The molecular weight excluding hydrogens is 280 g/mol. The third kappa shape index (κ3) is 2.15. The van der Waals surface area contributed by atoms with Crippen molar-refractivity contribution < 1.29 is 4.79 Å². The van der Waals surface area contributed by atoms with Crippen molar-refractivity contribution in [3.05, 3.63) is 22.4 Å². The number of rotatable bonds is 5. The van der Waals surface area contributed by atoms with Crippen molar-refractivity contribution in [3.63, 3.8) is 0 Å². The van der Waals surface area contributed by atoms with Gasteiger partial charge in [-0.15, -0.1) is 11.3 Å².